The first-order valence-corrected chi connectivity index (χ1v) is 5.88. The summed E-state index contributed by atoms with van der Waals surface area (Å²) in [5, 5.41) is 16.7. The van der Waals surface area contributed by atoms with Crippen LogP contribution in [0.3, 0.4) is 0 Å². The molecule has 1 aromatic rings. The summed E-state index contributed by atoms with van der Waals surface area (Å²) in [7, 11) is -3.71. The zero-order chi connectivity index (χ0) is 11.5. The van der Waals surface area contributed by atoms with Gasteiger partial charge in [0.15, 0.2) is 0 Å². The van der Waals surface area contributed by atoms with Gasteiger partial charge < -0.3 is 5.21 Å². The summed E-state index contributed by atoms with van der Waals surface area (Å²) in [5.74, 6) is 0. The van der Waals surface area contributed by atoms with Crippen molar-refractivity contribution in [2.75, 3.05) is 0 Å². The molecule has 15 heavy (non-hydrogen) atoms. The molecule has 1 rings (SSSR count). The van der Waals surface area contributed by atoms with Gasteiger partial charge in [0.05, 0.1) is 10.6 Å². The molecule has 0 bridgehead atoms. The third kappa shape index (κ3) is 2.77. The van der Waals surface area contributed by atoms with Crippen LogP contribution in [0, 0.1) is 0 Å². The molecule has 0 aliphatic carbocycles. The van der Waals surface area contributed by atoms with E-state index in [-0.39, 0.29) is 4.90 Å². The molecule has 0 spiro atoms. The van der Waals surface area contributed by atoms with E-state index in [1.807, 2.05) is 0 Å². The molecular weight excluding hydrogens is 216 g/mol. The summed E-state index contributed by atoms with van der Waals surface area (Å²) in [6, 6.07) is 5.99. The Balaban J connectivity index is 3.25. The van der Waals surface area contributed by atoms with E-state index in [1.54, 1.807) is 19.1 Å². The first kappa shape index (κ1) is 11.7. The van der Waals surface area contributed by atoms with Crippen molar-refractivity contribution in [3.8, 4) is 0 Å². The zero-order valence-electron chi connectivity index (χ0n) is 8.21. The maximum Gasteiger partial charge on any atom is 0.238 e. The first-order chi connectivity index (χ1) is 6.99. The van der Waals surface area contributed by atoms with Crippen molar-refractivity contribution in [2.24, 2.45) is 10.3 Å². The van der Waals surface area contributed by atoms with Crippen LogP contribution in [0.5, 0.6) is 0 Å². The Kier molecular flexibility index (Phi) is 3.43. The van der Waals surface area contributed by atoms with E-state index in [9.17, 15) is 8.42 Å². The highest BCUT2D eigenvalue weighted by atomic mass is 32.2. The number of hydrogen-bond donors (Lipinski definition) is 2. The van der Waals surface area contributed by atoms with Crippen molar-refractivity contribution in [1.29, 1.82) is 0 Å². The van der Waals surface area contributed by atoms with E-state index in [0.29, 0.717) is 17.7 Å². The molecule has 0 amide bonds. The Morgan fingerprint density at radius 1 is 1.53 bits per heavy atom. The van der Waals surface area contributed by atoms with Crippen LogP contribution in [0.1, 0.15) is 18.9 Å². The van der Waals surface area contributed by atoms with Crippen molar-refractivity contribution in [3.63, 3.8) is 0 Å². The van der Waals surface area contributed by atoms with Gasteiger partial charge in [-0.2, -0.15) is 0 Å². The number of oxime groups is 1. The molecule has 1 aromatic carbocycles. The minimum atomic E-state index is -3.71. The maximum atomic E-state index is 11.1. The summed E-state index contributed by atoms with van der Waals surface area (Å²) in [5.41, 5.74) is 0.965. The standard InChI is InChI=1S/C9H12N2O3S/c1-2-9(11-12)7-4-3-5-8(6-7)15(10,13)14/h3-6,12H,2H2,1H3,(H2,10,13,14)/b11-9+. The smallest absolute Gasteiger partial charge is 0.238 e. The van der Waals surface area contributed by atoms with Crippen LogP contribution in [0.15, 0.2) is 34.3 Å². The van der Waals surface area contributed by atoms with Gasteiger partial charge in [0.25, 0.3) is 0 Å². The number of primary sulfonamides is 1. The van der Waals surface area contributed by atoms with E-state index in [1.165, 1.54) is 12.1 Å². The lowest BCUT2D eigenvalue weighted by molar-refractivity contribution is 0.318. The molecule has 5 nitrogen and oxygen atoms in total. The van der Waals surface area contributed by atoms with Gasteiger partial charge in [-0.15, -0.1) is 0 Å². The van der Waals surface area contributed by atoms with Crippen LogP contribution >= 0.6 is 0 Å². The Labute approximate surface area is 88.3 Å². The maximum absolute atomic E-state index is 11.1. The lowest BCUT2D eigenvalue weighted by atomic mass is 10.1. The van der Waals surface area contributed by atoms with Crippen molar-refractivity contribution in [2.45, 2.75) is 18.2 Å². The average Bonchev–Trinajstić information content (AvgIpc) is 2.19. The Hall–Kier alpha value is -1.40. The molecule has 0 unspecified atom stereocenters. The second-order valence-electron chi connectivity index (χ2n) is 2.97. The molecule has 0 saturated carbocycles. The third-order valence-electron chi connectivity index (χ3n) is 1.95. The van der Waals surface area contributed by atoms with E-state index >= 15 is 0 Å². The Bertz CT molecular complexity index is 480. The number of rotatable bonds is 3. The molecule has 0 aliphatic rings. The lowest BCUT2D eigenvalue weighted by Gasteiger charge is -2.03. The molecule has 82 valence electrons. The minimum Gasteiger partial charge on any atom is -0.411 e. The summed E-state index contributed by atoms with van der Waals surface area (Å²) in [4.78, 5) is 0.00889. The molecule has 0 radical (unpaired) electrons. The number of nitrogens with two attached hydrogens (primary N) is 1. The highest BCUT2D eigenvalue weighted by Crippen LogP contribution is 2.11. The SMILES string of the molecule is CC/C(=N\O)c1cccc(S(N)(=O)=O)c1. The van der Waals surface area contributed by atoms with Gasteiger partial charge in [0.2, 0.25) is 10.0 Å². The predicted octanol–water partition coefficient (Wildman–Crippen LogP) is 0.922. The van der Waals surface area contributed by atoms with Gasteiger partial charge in [0, 0.05) is 5.56 Å². The van der Waals surface area contributed by atoms with Gasteiger partial charge in [-0.1, -0.05) is 24.2 Å². The van der Waals surface area contributed by atoms with E-state index < -0.39 is 10.0 Å². The zero-order valence-corrected chi connectivity index (χ0v) is 9.03. The van der Waals surface area contributed by atoms with E-state index in [0.717, 1.165) is 0 Å². The minimum absolute atomic E-state index is 0.00889. The molecule has 0 fully saturated rings. The summed E-state index contributed by atoms with van der Waals surface area (Å²) < 4.78 is 22.1. The second kappa shape index (κ2) is 4.41. The van der Waals surface area contributed by atoms with Crippen LogP contribution in [0.4, 0.5) is 0 Å². The molecule has 0 heterocycles. The van der Waals surface area contributed by atoms with E-state index in [4.69, 9.17) is 10.3 Å². The van der Waals surface area contributed by atoms with Gasteiger partial charge >= 0.3 is 0 Å². The van der Waals surface area contributed by atoms with Crippen LogP contribution in [-0.2, 0) is 10.0 Å². The molecule has 0 saturated heterocycles. The summed E-state index contributed by atoms with van der Waals surface area (Å²) in [6.45, 7) is 1.80. The van der Waals surface area contributed by atoms with Gasteiger partial charge in [0.1, 0.15) is 0 Å². The number of sulfonamides is 1. The third-order valence-corrected chi connectivity index (χ3v) is 2.86. The first-order valence-electron chi connectivity index (χ1n) is 4.33. The monoisotopic (exact) mass is 228 g/mol. The van der Waals surface area contributed by atoms with Gasteiger partial charge in [-0.05, 0) is 18.6 Å². The van der Waals surface area contributed by atoms with Crippen molar-refractivity contribution >= 4 is 15.7 Å². The molecule has 0 atom stereocenters. The summed E-state index contributed by atoms with van der Waals surface area (Å²) >= 11 is 0. The van der Waals surface area contributed by atoms with Crippen molar-refractivity contribution in [3.05, 3.63) is 29.8 Å². The second-order valence-corrected chi connectivity index (χ2v) is 4.53. The topological polar surface area (TPSA) is 92.8 Å². The molecular formula is C9H12N2O3S. The van der Waals surface area contributed by atoms with Crippen molar-refractivity contribution in [1.82, 2.24) is 0 Å². The Morgan fingerprint density at radius 3 is 2.67 bits per heavy atom. The molecule has 0 aliphatic heterocycles. The normalized spacial score (nSPS) is 12.8. The number of benzene rings is 1. The van der Waals surface area contributed by atoms with Crippen LogP contribution < -0.4 is 5.14 Å². The highest BCUT2D eigenvalue weighted by Gasteiger charge is 2.09. The fraction of sp³-hybridized carbons (Fsp3) is 0.222. The summed E-state index contributed by atoms with van der Waals surface area (Å²) in [6.07, 6.45) is 0.505. The number of hydrogen-bond acceptors (Lipinski definition) is 4. The lowest BCUT2D eigenvalue weighted by Crippen LogP contribution is -2.13. The van der Waals surface area contributed by atoms with Crippen LogP contribution in [0.25, 0.3) is 0 Å². The average molecular weight is 228 g/mol. The Morgan fingerprint density at radius 2 is 2.20 bits per heavy atom. The van der Waals surface area contributed by atoms with Gasteiger partial charge in [-0.25, -0.2) is 13.6 Å². The quantitative estimate of drug-likeness (QED) is 0.457. The van der Waals surface area contributed by atoms with E-state index in [2.05, 4.69) is 5.16 Å². The number of nitrogens with zero attached hydrogens (tertiary/aromatic N) is 1. The fourth-order valence-corrected chi connectivity index (χ4v) is 1.74. The fourth-order valence-electron chi connectivity index (χ4n) is 1.19. The predicted molar refractivity (Wildman–Crippen MR) is 56.4 cm³/mol. The van der Waals surface area contributed by atoms with Crippen LogP contribution in [0.2, 0.25) is 0 Å². The highest BCUT2D eigenvalue weighted by molar-refractivity contribution is 7.89. The largest absolute Gasteiger partial charge is 0.411 e. The van der Waals surface area contributed by atoms with Gasteiger partial charge in [-0.3, -0.25) is 0 Å². The van der Waals surface area contributed by atoms with Crippen LogP contribution in [-0.4, -0.2) is 19.3 Å². The van der Waals surface area contributed by atoms with Crippen molar-refractivity contribution < 1.29 is 13.6 Å². The molecule has 3 N–H and O–H groups in total. The molecule has 0 aromatic heterocycles. The molecule has 6 heteroatoms.